The predicted octanol–water partition coefficient (Wildman–Crippen LogP) is 0.217. The number of imidazole rings is 1. The maximum atomic E-state index is 11.8. The smallest absolute Gasteiger partial charge is 0.315 e. The molecule has 0 aliphatic heterocycles. The van der Waals surface area contributed by atoms with Gasteiger partial charge in [-0.15, -0.1) is 0 Å². The van der Waals surface area contributed by atoms with Crippen LogP contribution in [0.4, 0.5) is 5.95 Å². The van der Waals surface area contributed by atoms with E-state index in [-0.39, 0.29) is 30.3 Å². The van der Waals surface area contributed by atoms with Crippen LogP contribution in [-0.4, -0.2) is 54.0 Å². The number of nitrogens with two attached hydrogens (primary N) is 1. The number of fused-ring (bicyclic) bond motifs is 1. The lowest BCUT2D eigenvalue weighted by Gasteiger charge is -2.31. The summed E-state index contributed by atoms with van der Waals surface area (Å²) in [7, 11) is 0. The summed E-state index contributed by atoms with van der Waals surface area (Å²) in [6.07, 6.45) is 0.107. The van der Waals surface area contributed by atoms with Crippen molar-refractivity contribution < 1.29 is 19.7 Å². The molecule has 13 nitrogen and oxygen atoms in total. The molecule has 27 heavy (non-hydrogen) atoms. The number of ether oxygens (including phenoxy) is 1. The van der Waals surface area contributed by atoms with Crippen LogP contribution in [-0.2, 0) is 16.3 Å². The minimum atomic E-state index is -1.78. The number of rotatable bonds is 9. The lowest BCUT2D eigenvalue weighted by Crippen LogP contribution is -2.45. The SMILES string of the molecule is CC(C)[C@](CC(CO)OCn1cnc2c(=O)[nH]c(N)nc21)(N=[N+]=[N-])C(=O)O. The number of hydrogen-bond acceptors (Lipinski definition) is 8. The van der Waals surface area contributed by atoms with Gasteiger partial charge in [-0.3, -0.25) is 19.1 Å². The molecule has 13 heteroatoms. The summed E-state index contributed by atoms with van der Waals surface area (Å²) < 4.78 is 6.94. The monoisotopic (exact) mass is 380 g/mol. The lowest BCUT2D eigenvalue weighted by molar-refractivity contribution is -0.148. The Kier molecular flexibility index (Phi) is 6.00. The van der Waals surface area contributed by atoms with Crippen molar-refractivity contribution in [3.63, 3.8) is 0 Å². The Bertz CT molecular complexity index is 927. The van der Waals surface area contributed by atoms with Gasteiger partial charge >= 0.3 is 5.97 Å². The van der Waals surface area contributed by atoms with Crippen molar-refractivity contribution in [2.24, 2.45) is 11.0 Å². The Labute approximate surface area is 152 Å². The Morgan fingerprint density at radius 2 is 2.30 bits per heavy atom. The number of aromatic amines is 1. The van der Waals surface area contributed by atoms with Gasteiger partial charge in [0.15, 0.2) is 16.7 Å². The molecular weight excluding hydrogens is 360 g/mol. The Hall–Kier alpha value is -3.15. The van der Waals surface area contributed by atoms with Crippen LogP contribution >= 0.6 is 0 Å². The van der Waals surface area contributed by atoms with Crippen molar-refractivity contribution in [2.75, 3.05) is 12.3 Å². The normalized spacial score (nSPS) is 14.7. The maximum absolute atomic E-state index is 11.8. The fourth-order valence-electron chi connectivity index (χ4n) is 2.62. The van der Waals surface area contributed by atoms with Gasteiger partial charge in [-0.05, 0) is 17.9 Å². The standard InChI is InChI=1S/C14H20N8O5/c1-7(2)14(12(25)26,20-21-16)3-8(4-23)27-6-22-5-17-9-10(22)18-13(15)19-11(9)24/h5,7-8,23H,3-4,6H2,1-2H3,(H,25,26)(H3,15,18,19,24)/t8?,14-/m0/s1. The zero-order valence-electron chi connectivity index (χ0n) is 14.7. The first kappa shape index (κ1) is 20.2. The number of nitrogen functional groups attached to an aromatic ring is 1. The third kappa shape index (κ3) is 4.00. The molecule has 0 saturated carbocycles. The van der Waals surface area contributed by atoms with Crippen molar-refractivity contribution in [3.8, 4) is 0 Å². The van der Waals surface area contributed by atoms with Gasteiger partial charge in [-0.2, -0.15) is 4.98 Å². The van der Waals surface area contributed by atoms with Gasteiger partial charge in [0.1, 0.15) is 6.73 Å². The Balaban J connectivity index is 2.24. The van der Waals surface area contributed by atoms with E-state index in [0.717, 1.165) is 0 Å². The molecule has 0 radical (unpaired) electrons. The highest BCUT2D eigenvalue weighted by molar-refractivity contribution is 5.79. The number of carboxylic acids is 1. The number of carbonyl (C=O) groups is 1. The van der Waals surface area contributed by atoms with E-state index in [0.29, 0.717) is 0 Å². The number of hydrogen-bond donors (Lipinski definition) is 4. The van der Waals surface area contributed by atoms with Crippen LogP contribution in [0.15, 0.2) is 16.2 Å². The summed E-state index contributed by atoms with van der Waals surface area (Å²) in [6, 6.07) is 0. The van der Waals surface area contributed by atoms with E-state index in [1.807, 2.05) is 0 Å². The van der Waals surface area contributed by atoms with E-state index < -0.39 is 35.7 Å². The third-order valence-electron chi connectivity index (χ3n) is 4.23. The van der Waals surface area contributed by atoms with Crippen molar-refractivity contribution in [3.05, 3.63) is 27.1 Å². The fourth-order valence-corrected chi connectivity index (χ4v) is 2.62. The molecular formula is C14H20N8O5. The largest absolute Gasteiger partial charge is 0.481 e. The quantitative estimate of drug-likeness (QED) is 0.268. The number of aliphatic hydroxyl groups excluding tert-OH is 1. The first-order valence-corrected chi connectivity index (χ1v) is 7.98. The van der Waals surface area contributed by atoms with Crippen LogP contribution in [0.1, 0.15) is 20.3 Å². The number of nitrogens with zero attached hydrogens (tertiary/aromatic N) is 6. The van der Waals surface area contributed by atoms with Crippen LogP contribution in [0, 0.1) is 5.92 Å². The highest BCUT2D eigenvalue weighted by Gasteiger charge is 2.43. The highest BCUT2D eigenvalue weighted by atomic mass is 16.5. The molecule has 0 amide bonds. The number of carboxylic acid groups (broad SMARTS) is 1. The number of aliphatic hydroxyl groups is 1. The van der Waals surface area contributed by atoms with Crippen molar-refractivity contribution >= 4 is 23.1 Å². The minimum Gasteiger partial charge on any atom is -0.481 e. The van der Waals surface area contributed by atoms with Crippen molar-refractivity contribution in [2.45, 2.75) is 38.6 Å². The number of aliphatic carboxylic acids is 1. The fraction of sp³-hybridized carbons (Fsp3) is 0.571. The van der Waals surface area contributed by atoms with Crippen LogP contribution in [0.25, 0.3) is 21.6 Å². The van der Waals surface area contributed by atoms with Gasteiger partial charge in [0.25, 0.3) is 5.56 Å². The number of H-pyrrole nitrogens is 1. The van der Waals surface area contributed by atoms with Gasteiger partial charge in [-0.1, -0.05) is 19.0 Å². The average molecular weight is 380 g/mol. The summed E-state index contributed by atoms with van der Waals surface area (Å²) in [5, 5.41) is 22.6. The molecule has 146 valence electrons. The molecule has 1 unspecified atom stereocenters. The van der Waals surface area contributed by atoms with E-state index in [9.17, 15) is 19.8 Å². The van der Waals surface area contributed by atoms with Crippen LogP contribution < -0.4 is 11.3 Å². The van der Waals surface area contributed by atoms with Gasteiger partial charge in [0, 0.05) is 4.91 Å². The average Bonchev–Trinajstić information content (AvgIpc) is 3.00. The predicted molar refractivity (Wildman–Crippen MR) is 93.5 cm³/mol. The summed E-state index contributed by atoms with van der Waals surface area (Å²) in [4.78, 5) is 36.3. The number of aromatic nitrogens is 4. The van der Waals surface area contributed by atoms with E-state index in [2.05, 4.69) is 25.0 Å². The van der Waals surface area contributed by atoms with Crippen LogP contribution in [0.2, 0.25) is 0 Å². The lowest BCUT2D eigenvalue weighted by atomic mass is 9.82. The molecule has 0 aromatic carbocycles. The molecule has 5 N–H and O–H groups in total. The summed E-state index contributed by atoms with van der Waals surface area (Å²) in [5.41, 5.74) is 12.2. The molecule has 2 aromatic heterocycles. The van der Waals surface area contributed by atoms with Crippen LogP contribution in [0.5, 0.6) is 0 Å². The summed E-state index contributed by atoms with van der Waals surface area (Å²) in [5.74, 6) is -1.95. The topological polar surface area (TPSA) is 205 Å². The van der Waals surface area contributed by atoms with Crippen LogP contribution in [0.3, 0.4) is 0 Å². The third-order valence-corrected chi connectivity index (χ3v) is 4.23. The zero-order chi connectivity index (χ0) is 20.2. The molecule has 2 aromatic rings. The molecule has 2 rings (SSSR count). The second-order valence-electron chi connectivity index (χ2n) is 6.22. The molecule has 0 saturated heterocycles. The second-order valence-corrected chi connectivity index (χ2v) is 6.22. The highest BCUT2D eigenvalue weighted by Crippen LogP contribution is 2.29. The number of anilines is 1. The van der Waals surface area contributed by atoms with Gasteiger partial charge in [0.2, 0.25) is 5.95 Å². The van der Waals surface area contributed by atoms with E-state index in [1.165, 1.54) is 10.9 Å². The molecule has 2 atom stereocenters. The number of azide groups is 1. The first-order valence-electron chi connectivity index (χ1n) is 7.98. The Morgan fingerprint density at radius 1 is 1.59 bits per heavy atom. The summed E-state index contributed by atoms with van der Waals surface area (Å²) in [6.45, 7) is 2.51. The molecule has 0 aliphatic rings. The first-order chi connectivity index (χ1) is 12.7. The maximum Gasteiger partial charge on any atom is 0.315 e. The molecule has 0 bridgehead atoms. The number of nitrogens with one attached hydrogen (secondary N) is 1. The van der Waals surface area contributed by atoms with Gasteiger partial charge < -0.3 is 20.7 Å². The molecule has 0 aliphatic carbocycles. The Morgan fingerprint density at radius 3 is 2.85 bits per heavy atom. The van der Waals surface area contributed by atoms with E-state index in [4.69, 9.17) is 16.0 Å². The van der Waals surface area contributed by atoms with Crippen molar-refractivity contribution in [1.29, 1.82) is 0 Å². The van der Waals surface area contributed by atoms with Gasteiger partial charge in [0.05, 0.1) is 19.0 Å². The summed E-state index contributed by atoms with van der Waals surface area (Å²) >= 11 is 0. The molecule has 0 fully saturated rings. The molecule has 2 heterocycles. The van der Waals surface area contributed by atoms with Gasteiger partial charge in [-0.25, -0.2) is 4.98 Å². The minimum absolute atomic E-state index is 0.0597. The van der Waals surface area contributed by atoms with E-state index in [1.54, 1.807) is 13.8 Å². The molecule has 0 spiro atoms. The zero-order valence-corrected chi connectivity index (χ0v) is 14.7. The van der Waals surface area contributed by atoms with Crippen molar-refractivity contribution in [1.82, 2.24) is 19.5 Å². The van der Waals surface area contributed by atoms with E-state index >= 15 is 0 Å². The second kappa shape index (κ2) is 8.03.